The number of benzene rings is 1. The van der Waals surface area contributed by atoms with Crippen LogP contribution in [0.1, 0.15) is 17.5 Å². The molecule has 0 radical (unpaired) electrons. The van der Waals surface area contributed by atoms with E-state index < -0.39 is 0 Å². The fraction of sp³-hybridized carbons (Fsp3) is 0.650. The van der Waals surface area contributed by atoms with Crippen molar-refractivity contribution in [3.8, 4) is 0 Å². The van der Waals surface area contributed by atoms with Gasteiger partial charge < -0.3 is 14.7 Å². The highest BCUT2D eigenvalue weighted by molar-refractivity contribution is 5.76. The van der Waals surface area contributed by atoms with Gasteiger partial charge in [0, 0.05) is 51.7 Å². The Kier molecular flexibility index (Phi) is 6.45. The average molecular weight is 346 g/mol. The van der Waals surface area contributed by atoms with Gasteiger partial charge in [0.2, 0.25) is 5.91 Å². The molecule has 2 heterocycles. The second kappa shape index (κ2) is 8.79. The zero-order valence-corrected chi connectivity index (χ0v) is 15.2. The fourth-order valence-corrected chi connectivity index (χ4v) is 3.84. The normalized spacial score (nSPS) is 24.6. The fourth-order valence-electron chi connectivity index (χ4n) is 3.84. The lowest BCUT2D eigenvalue weighted by Crippen LogP contribution is -2.41. The lowest BCUT2D eigenvalue weighted by molar-refractivity contribution is -0.130. The zero-order chi connectivity index (χ0) is 17.6. The minimum atomic E-state index is 0.163. The molecule has 5 nitrogen and oxygen atoms in total. The number of aliphatic hydroxyl groups excluding tert-OH is 1. The van der Waals surface area contributed by atoms with Gasteiger partial charge in [-0.25, -0.2) is 0 Å². The number of aryl methyl sites for hydroxylation is 2. The lowest BCUT2D eigenvalue weighted by Gasteiger charge is -2.30. The molecule has 2 fully saturated rings. The topological polar surface area (TPSA) is 53.0 Å². The van der Waals surface area contributed by atoms with Crippen LogP contribution in [-0.2, 0) is 16.0 Å². The summed E-state index contributed by atoms with van der Waals surface area (Å²) in [5.74, 6) is 0.779. The van der Waals surface area contributed by atoms with Gasteiger partial charge in [-0.2, -0.15) is 0 Å². The second-order valence-corrected chi connectivity index (χ2v) is 7.40. The number of aliphatic hydroxyl groups is 1. The van der Waals surface area contributed by atoms with E-state index in [2.05, 4.69) is 36.1 Å². The van der Waals surface area contributed by atoms with Crippen LogP contribution in [0.4, 0.5) is 0 Å². The Bertz CT molecular complexity index is 555. The molecule has 0 spiro atoms. The molecule has 0 aliphatic carbocycles. The van der Waals surface area contributed by atoms with Crippen LogP contribution in [0.5, 0.6) is 0 Å². The van der Waals surface area contributed by atoms with Crippen molar-refractivity contribution in [1.82, 2.24) is 9.80 Å². The van der Waals surface area contributed by atoms with Crippen molar-refractivity contribution in [1.29, 1.82) is 0 Å². The van der Waals surface area contributed by atoms with Crippen LogP contribution in [0.2, 0.25) is 0 Å². The molecule has 1 aromatic rings. The molecule has 0 saturated carbocycles. The molecular formula is C20H30N2O3. The Morgan fingerprint density at radius 2 is 1.84 bits per heavy atom. The second-order valence-electron chi connectivity index (χ2n) is 7.40. The number of amides is 1. The third-order valence-electron chi connectivity index (χ3n) is 5.51. The minimum absolute atomic E-state index is 0.163. The van der Waals surface area contributed by atoms with E-state index in [1.165, 1.54) is 11.1 Å². The molecule has 138 valence electrons. The van der Waals surface area contributed by atoms with Crippen LogP contribution in [0.25, 0.3) is 0 Å². The van der Waals surface area contributed by atoms with Gasteiger partial charge in [0.25, 0.3) is 0 Å². The van der Waals surface area contributed by atoms with E-state index in [0.29, 0.717) is 18.9 Å². The molecule has 1 N–H and O–H groups in total. The molecule has 1 aromatic carbocycles. The molecule has 0 unspecified atom stereocenters. The average Bonchev–Trinajstić information content (AvgIpc) is 3.05. The summed E-state index contributed by atoms with van der Waals surface area (Å²) in [6.45, 7) is 8.14. The van der Waals surface area contributed by atoms with E-state index in [4.69, 9.17) is 4.74 Å². The maximum Gasteiger partial charge on any atom is 0.222 e. The first-order chi connectivity index (χ1) is 12.2. The van der Waals surface area contributed by atoms with Gasteiger partial charge in [0.1, 0.15) is 0 Å². The van der Waals surface area contributed by atoms with Gasteiger partial charge in [-0.05, 0) is 24.8 Å². The minimum Gasteiger partial charge on any atom is -0.396 e. The maximum absolute atomic E-state index is 12.6. The molecular weight excluding hydrogens is 316 g/mol. The molecule has 3 rings (SSSR count). The van der Waals surface area contributed by atoms with E-state index in [-0.39, 0.29) is 18.4 Å². The quantitative estimate of drug-likeness (QED) is 0.844. The highest BCUT2D eigenvalue weighted by Gasteiger charge is 2.35. The number of ether oxygens (including phenoxy) is 1. The summed E-state index contributed by atoms with van der Waals surface area (Å²) in [4.78, 5) is 17.0. The number of hydrogen-bond donors (Lipinski definition) is 1. The highest BCUT2D eigenvalue weighted by atomic mass is 16.5. The summed E-state index contributed by atoms with van der Waals surface area (Å²) in [7, 11) is 0. The van der Waals surface area contributed by atoms with Crippen LogP contribution in [0, 0.1) is 18.8 Å². The lowest BCUT2D eigenvalue weighted by atomic mass is 9.96. The standard InChI is InChI=1S/C20H30N2O3/c1-16-2-4-17(5-3-16)6-7-20(24)22-13-18(19(14-22)15-23)12-21-8-10-25-11-9-21/h2-5,18-19,23H,6-15H2,1H3/t18-,19-/m1/s1. The van der Waals surface area contributed by atoms with Gasteiger partial charge in [-0.1, -0.05) is 29.8 Å². The number of carbonyl (C=O) groups excluding carboxylic acids is 1. The van der Waals surface area contributed by atoms with Gasteiger partial charge in [-0.15, -0.1) is 0 Å². The van der Waals surface area contributed by atoms with Gasteiger partial charge in [0.05, 0.1) is 13.2 Å². The number of likely N-dealkylation sites (tertiary alicyclic amines) is 1. The maximum atomic E-state index is 12.6. The summed E-state index contributed by atoms with van der Waals surface area (Å²) < 4.78 is 5.40. The van der Waals surface area contributed by atoms with Crippen LogP contribution in [-0.4, -0.2) is 73.4 Å². The molecule has 2 aliphatic rings. The third kappa shape index (κ3) is 5.03. The van der Waals surface area contributed by atoms with Gasteiger partial charge in [0.15, 0.2) is 0 Å². The van der Waals surface area contributed by atoms with Crippen LogP contribution in [0.15, 0.2) is 24.3 Å². The van der Waals surface area contributed by atoms with E-state index in [9.17, 15) is 9.90 Å². The number of carbonyl (C=O) groups is 1. The molecule has 25 heavy (non-hydrogen) atoms. The van der Waals surface area contributed by atoms with Crippen molar-refractivity contribution in [3.05, 3.63) is 35.4 Å². The van der Waals surface area contributed by atoms with Crippen molar-refractivity contribution in [3.63, 3.8) is 0 Å². The first-order valence-corrected chi connectivity index (χ1v) is 9.40. The largest absolute Gasteiger partial charge is 0.396 e. The molecule has 2 atom stereocenters. The SMILES string of the molecule is Cc1ccc(CCC(=O)N2C[C@@H](CN3CCOCC3)[C@@H](CO)C2)cc1. The monoisotopic (exact) mass is 346 g/mol. The van der Waals surface area contributed by atoms with Crippen LogP contribution in [0.3, 0.4) is 0 Å². The Hall–Kier alpha value is -1.43. The Labute approximate surface area is 150 Å². The molecule has 2 saturated heterocycles. The van der Waals surface area contributed by atoms with Crippen molar-refractivity contribution < 1.29 is 14.6 Å². The zero-order valence-electron chi connectivity index (χ0n) is 15.2. The number of hydrogen-bond acceptors (Lipinski definition) is 4. The van der Waals surface area contributed by atoms with Crippen molar-refractivity contribution in [2.75, 3.05) is 52.5 Å². The molecule has 0 aromatic heterocycles. The van der Waals surface area contributed by atoms with Crippen molar-refractivity contribution >= 4 is 5.91 Å². The Morgan fingerprint density at radius 3 is 2.52 bits per heavy atom. The summed E-state index contributed by atoms with van der Waals surface area (Å²) in [5.41, 5.74) is 2.45. The molecule has 5 heteroatoms. The molecule has 2 aliphatic heterocycles. The Morgan fingerprint density at radius 1 is 1.16 bits per heavy atom. The van der Waals surface area contributed by atoms with Gasteiger partial charge >= 0.3 is 0 Å². The molecule has 1 amide bonds. The number of rotatable bonds is 6. The molecule has 0 bridgehead atoms. The summed E-state index contributed by atoms with van der Waals surface area (Å²) in [6, 6.07) is 8.39. The first kappa shape index (κ1) is 18.4. The van der Waals surface area contributed by atoms with E-state index in [0.717, 1.165) is 45.8 Å². The summed E-state index contributed by atoms with van der Waals surface area (Å²) in [5, 5.41) is 9.72. The summed E-state index contributed by atoms with van der Waals surface area (Å²) >= 11 is 0. The third-order valence-corrected chi connectivity index (χ3v) is 5.51. The summed E-state index contributed by atoms with van der Waals surface area (Å²) in [6.07, 6.45) is 1.33. The smallest absolute Gasteiger partial charge is 0.222 e. The number of nitrogens with zero attached hydrogens (tertiary/aromatic N) is 2. The predicted octanol–water partition coefficient (Wildman–Crippen LogP) is 1.33. The predicted molar refractivity (Wildman–Crippen MR) is 97.4 cm³/mol. The first-order valence-electron chi connectivity index (χ1n) is 9.40. The van der Waals surface area contributed by atoms with Crippen LogP contribution < -0.4 is 0 Å². The van der Waals surface area contributed by atoms with Crippen molar-refractivity contribution in [2.45, 2.75) is 19.8 Å². The Balaban J connectivity index is 1.49. The number of morpholine rings is 1. The van der Waals surface area contributed by atoms with Crippen LogP contribution >= 0.6 is 0 Å². The van der Waals surface area contributed by atoms with Gasteiger partial charge in [-0.3, -0.25) is 9.69 Å². The van der Waals surface area contributed by atoms with E-state index >= 15 is 0 Å². The van der Waals surface area contributed by atoms with E-state index in [1.807, 2.05) is 4.90 Å². The van der Waals surface area contributed by atoms with E-state index in [1.54, 1.807) is 0 Å². The highest BCUT2D eigenvalue weighted by Crippen LogP contribution is 2.25. The van der Waals surface area contributed by atoms with Crippen molar-refractivity contribution in [2.24, 2.45) is 11.8 Å².